The van der Waals surface area contributed by atoms with Crippen molar-refractivity contribution >= 4 is 11.9 Å². The number of quaternary nitrogens is 1. The third-order valence-corrected chi connectivity index (χ3v) is 4.95. The van der Waals surface area contributed by atoms with E-state index in [4.69, 9.17) is 14.2 Å². The van der Waals surface area contributed by atoms with Crippen LogP contribution >= 0.6 is 0 Å². The summed E-state index contributed by atoms with van der Waals surface area (Å²) < 4.78 is 15.5. The number of hydrogen-bond acceptors (Lipinski definition) is 5. The van der Waals surface area contributed by atoms with E-state index in [1.807, 2.05) is 18.2 Å². The molecule has 144 valence electrons. The minimum absolute atomic E-state index is 0.0300. The first-order chi connectivity index (χ1) is 12.5. The minimum atomic E-state index is -0.141. The summed E-state index contributed by atoms with van der Waals surface area (Å²) in [6.07, 6.45) is 1.53. The van der Waals surface area contributed by atoms with Crippen LogP contribution in [-0.4, -0.2) is 64.8 Å². The number of carbonyl (C=O) groups excluding carboxylic acids is 2. The van der Waals surface area contributed by atoms with Gasteiger partial charge in [-0.15, -0.1) is 0 Å². The molecule has 0 bridgehead atoms. The highest BCUT2D eigenvalue weighted by atomic mass is 16.5. The quantitative estimate of drug-likeness (QED) is 0.696. The fraction of sp³-hybridized carbons (Fsp3) is 0.579. The number of rotatable bonds is 7. The van der Waals surface area contributed by atoms with Gasteiger partial charge in [0.15, 0.2) is 18.0 Å². The number of amides is 1. The molecule has 0 aromatic heterocycles. The van der Waals surface area contributed by atoms with Gasteiger partial charge < -0.3 is 24.0 Å². The van der Waals surface area contributed by atoms with E-state index in [9.17, 15) is 9.59 Å². The molecule has 1 fully saturated rings. The molecule has 1 aromatic rings. The molecule has 0 saturated carbocycles. The van der Waals surface area contributed by atoms with Gasteiger partial charge in [-0.05, 0) is 6.07 Å². The largest absolute Gasteiger partial charge is 0.493 e. The van der Waals surface area contributed by atoms with Crippen LogP contribution in [0.4, 0.5) is 0 Å². The number of para-hydroxylation sites is 1. The van der Waals surface area contributed by atoms with Crippen LogP contribution in [0.25, 0.3) is 0 Å². The van der Waals surface area contributed by atoms with Gasteiger partial charge in [0.2, 0.25) is 0 Å². The molecule has 1 aliphatic heterocycles. The number of ether oxygens (including phenoxy) is 3. The second-order valence-electron chi connectivity index (χ2n) is 6.63. The molecule has 1 aliphatic rings. The van der Waals surface area contributed by atoms with Crippen molar-refractivity contribution in [1.29, 1.82) is 0 Å². The maximum Gasteiger partial charge on any atom is 0.309 e. The van der Waals surface area contributed by atoms with Crippen molar-refractivity contribution in [2.75, 3.05) is 48.0 Å². The van der Waals surface area contributed by atoms with Crippen LogP contribution in [0, 0.1) is 5.92 Å². The maximum atomic E-state index is 12.6. The topological polar surface area (TPSA) is 69.5 Å². The van der Waals surface area contributed by atoms with Gasteiger partial charge in [0, 0.05) is 32.0 Å². The number of likely N-dealkylation sites (tertiary alicyclic amines) is 1. The fourth-order valence-electron chi connectivity index (χ4n) is 3.38. The van der Waals surface area contributed by atoms with E-state index in [0.29, 0.717) is 24.6 Å². The summed E-state index contributed by atoms with van der Waals surface area (Å²) in [6, 6.07) is 5.65. The molecule has 1 saturated heterocycles. The lowest BCUT2D eigenvalue weighted by molar-refractivity contribution is -0.898. The van der Waals surface area contributed by atoms with Crippen LogP contribution in [0.5, 0.6) is 11.5 Å². The molecule has 1 amide bonds. The van der Waals surface area contributed by atoms with E-state index >= 15 is 0 Å². The lowest BCUT2D eigenvalue weighted by Gasteiger charge is -2.29. The molecule has 0 unspecified atom stereocenters. The molecular weight excluding hydrogens is 336 g/mol. The third-order valence-electron chi connectivity index (χ3n) is 4.95. The number of nitrogens with one attached hydrogen (secondary N) is 1. The third kappa shape index (κ3) is 4.88. The normalized spacial score (nSPS) is 19.5. The number of likely N-dealkylation sites (N-methyl/N-ethyl adjacent to an activating group) is 1. The molecule has 26 heavy (non-hydrogen) atoms. The summed E-state index contributed by atoms with van der Waals surface area (Å²) in [4.78, 5) is 27.1. The Kier molecular flexibility index (Phi) is 7.26. The Hall–Kier alpha value is -2.28. The van der Waals surface area contributed by atoms with Gasteiger partial charge in [-0.2, -0.15) is 0 Å². The summed E-state index contributed by atoms with van der Waals surface area (Å²) in [5.74, 6) is 1.21. The van der Waals surface area contributed by atoms with Gasteiger partial charge in [-0.1, -0.05) is 12.1 Å². The standard InChI is InChI=1S/C19H28N2O5/c1-20(12-15-6-5-7-16(24-2)18(15)25-3)17(22)13-21-10-8-14(9-11-21)19(23)26-4/h5-7,14H,8-13H2,1-4H3/p+1. The highest BCUT2D eigenvalue weighted by Crippen LogP contribution is 2.31. The minimum Gasteiger partial charge on any atom is -0.493 e. The lowest BCUT2D eigenvalue weighted by Crippen LogP contribution is -3.14. The number of nitrogens with zero attached hydrogens (tertiary/aromatic N) is 1. The first-order valence-electron chi connectivity index (χ1n) is 8.85. The van der Waals surface area contributed by atoms with Gasteiger partial charge in [-0.25, -0.2) is 0 Å². The van der Waals surface area contributed by atoms with Crippen molar-refractivity contribution in [3.05, 3.63) is 23.8 Å². The van der Waals surface area contributed by atoms with E-state index in [-0.39, 0.29) is 17.8 Å². The summed E-state index contributed by atoms with van der Waals surface area (Å²) >= 11 is 0. The Morgan fingerprint density at radius 3 is 2.42 bits per heavy atom. The van der Waals surface area contributed by atoms with E-state index in [0.717, 1.165) is 31.5 Å². The predicted molar refractivity (Wildman–Crippen MR) is 96.3 cm³/mol. The summed E-state index contributed by atoms with van der Waals surface area (Å²) in [5, 5.41) is 0. The van der Waals surface area contributed by atoms with E-state index in [1.54, 1.807) is 26.2 Å². The van der Waals surface area contributed by atoms with Crippen LogP contribution < -0.4 is 14.4 Å². The number of esters is 1. The summed E-state index contributed by atoms with van der Waals surface area (Å²) in [6.45, 7) is 2.50. The Morgan fingerprint density at radius 2 is 1.85 bits per heavy atom. The summed E-state index contributed by atoms with van der Waals surface area (Å²) in [5.41, 5.74) is 0.905. The molecule has 1 heterocycles. The zero-order valence-electron chi connectivity index (χ0n) is 16.0. The van der Waals surface area contributed by atoms with E-state index in [1.165, 1.54) is 12.0 Å². The van der Waals surface area contributed by atoms with Gasteiger partial charge in [0.1, 0.15) is 0 Å². The predicted octanol–water partition coefficient (Wildman–Crippen LogP) is 0.130. The van der Waals surface area contributed by atoms with E-state index in [2.05, 4.69) is 0 Å². The molecule has 1 N–H and O–H groups in total. The average Bonchev–Trinajstić information content (AvgIpc) is 2.67. The van der Waals surface area contributed by atoms with Crippen LogP contribution in [0.2, 0.25) is 0 Å². The molecule has 0 aliphatic carbocycles. The molecule has 0 atom stereocenters. The highest BCUT2D eigenvalue weighted by Gasteiger charge is 2.29. The van der Waals surface area contributed by atoms with Gasteiger partial charge in [-0.3, -0.25) is 9.59 Å². The van der Waals surface area contributed by atoms with Crippen molar-refractivity contribution in [1.82, 2.24) is 4.90 Å². The molecule has 2 rings (SSSR count). The zero-order valence-corrected chi connectivity index (χ0v) is 16.0. The second-order valence-corrected chi connectivity index (χ2v) is 6.63. The summed E-state index contributed by atoms with van der Waals surface area (Å²) in [7, 11) is 6.41. The van der Waals surface area contributed by atoms with Crippen molar-refractivity contribution in [2.24, 2.45) is 5.92 Å². The highest BCUT2D eigenvalue weighted by molar-refractivity contribution is 5.77. The van der Waals surface area contributed by atoms with Crippen molar-refractivity contribution in [3.8, 4) is 11.5 Å². The van der Waals surface area contributed by atoms with Crippen molar-refractivity contribution in [3.63, 3.8) is 0 Å². The second kappa shape index (κ2) is 9.43. The first kappa shape index (κ1) is 20.0. The Morgan fingerprint density at radius 1 is 1.15 bits per heavy atom. The SMILES string of the molecule is COC(=O)C1CC[NH+](CC(=O)N(C)Cc2cccc(OC)c2OC)CC1. The Bertz CT molecular complexity index is 626. The Balaban J connectivity index is 1.90. The molecule has 1 aromatic carbocycles. The lowest BCUT2D eigenvalue weighted by atomic mass is 9.97. The average molecular weight is 365 g/mol. The molecular formula is C19H29N2O5+. The number of hydrogen-bond donors (Lipinski definition) is 1. The molecule has 0 spiro atoms. The van der Waals surface area contributed by atoms with Crippen molar-refractivity contribution in [2.45, 2.75) is 19.4 Å². The fourth-order valence-corrected chi connectivity index (χ4v) is 3.38. The molecule has 7 heteroatoms. The molecule has 7 nitrogen and oxygen atoms in total. The van der Waals surface area contributed by atoms with E-state index < -0.39 is 0 Å². The monoisotopic (exact) mass is 365 g/mol. The van der Waals surface area contributed by atoms with Crippen LogP contribution in [0.15, 0.2) is 18.2 Å². The van der Waals surface area contributed by atoms with Crippen LogP contribution in [-0.2, 0) is 20.9 Å². The smallest absolute Gasteiger partial charge is 0.309 e. The number of benzene rings is 1. The van der Waals surface area contributed by atoms with Crippen molar-refractivity contribution < 1.29 is 28.7 Å². The zero-order chi connectivity index (χ0) is 19.1. The Labute approximate surface area is 154 Å². The number of piperidine rings is 1. The van der Waals surface area contributed by atoms with Crippen LogP contribution in [0.1, 0.15) is 18.4 Å². The molecule has 0 radical (unpaired) electrons. The van der Waals surface area contributed by atoms with Crippen LogP contribution in [0.3, 0.4) is 0 Å². The first-order valence-corrected chi connectivity index (χ1v) is 8.85. The van der Waals surface area contributed by atoms with Gasteiger partial charge in [0.05, 0.1) is 40.3 Å². The van der Waals surface area contributed by atoms with Gasteiger partial charge >= 0.3 is 5.97 Å². The number of carbonyl (C=O) groups is 2. The van der Waals surface area contributed by atoms with Gasteiger partial charge in [0.25, 0.3) is 5.91 Å². The maximum absolute atomic E-state index is 12.6. The number of methoxy groups -OCH3 is 3.